The molecular weight excluding hydrogens is 230 g/mol. The van der Waals surface area contributed by atoms with Gasteiger partial charge in [0.2, 0.25) is 17.7 Å². The Morgan fingerprint density at radius 2 is 1.89 bits per heavy atom. The van der Waals surface area contributed by atoms with E-state index in [4.69, 9.17) is 9.47 Å². The highest BCUT2D eigenvalue weighted by Crippen LogP contribution is 2.30. The monoisotopic (exact) mass is 251 g/mol. The van der Waals surface area contributed by atoms with Crippen LogP contribution in [-0.4, -0.2) is 30.7 Å². The van der Waals surface area contributed by atoms with E-state index < -0.39 is 0 Å². The van der Waals surface area contributed by atoms with E-state index in [1.165, 1.54) is 19.3 Å². The second kappa shape index (κ2) is 5.89. The van der Waals surface area contributed by atoms with Gasteiger partial charge in [-0.15, -0.1) is 0 Å². The molecule has 2 unspecified atom stereocenters. The highest BCUT2D eigenvalue weighted by molar-refractivity contribution is 5.33. The molecule has 5 nitrogen and oxygen atoms in total. The number of methoxy groups -OCH3 is 2. The van der Waals surface area contributed by atoms with E-state index in [1.807, 2.05) is 0 Å². The predicted octanol–water partition coefficient (Wildman–Crippen LogP) is 2.34. The lowest BCUT2D eigenvalue weighted by Gasteiger charge is -2.12. The van der Waals surface area contributed by atoms with Gasteiger partial charge in [-0.25, -0.2) is 0 Å². The highest BCUT2D eigenvalue weighted by atomic mass is 16.5. The van der Waals surface area contributed by atoms with Gasteiger partial charge in [-0.3, -0.25) is 0 Å². The summed E-state index contributed by atoms with van der Waals surface area (Å²) in [6.45, 7) is 3.23. The molecule has 18 heavy (non-hydrogen) atoms. The lowest BCUT2D eigenvalue weighted by Crippen LogP contribution is -2.14. The van der Waals surface area contributed by atoms with Crippen molar-refractivity contribution in [2.75, 3.05) is 26.1 Å². The molecule has 0 aliphatic heterocycles. The average Bonchev–Trinajstić information content (AvgIpc) is 2.81. The molecule has 5 heteroatoms. The summed E-state index contributed by atoms with van der Waals surface area (Å²) in [4.78, 5) is 8.51. The molecule has 2 rings (SSSR count). The third kappa shape index (κ3) is 3.24. The van der Waals surface area contributed by atoms with E-state index in [0.717, 1.165) is 18.4 Å². The average molecular weight is 251 g/mol. The first-order valence-corrected chi connectivity index (χ1v) is 6.42. The minimum absolute atomic E-state index is 0.518. The minimum atomic E-state index is 0.518. The summed E-state index contributed by atoms with van der Waals surface area (Å²) >= 11 is 0. The fourth-order valence-electron chi connectivity index (χ4n) is 2.44. The van der Waals surface area contributed by atoms with Crippen LogP contribution in [0.25, 0.3) is 0 Å². The maximum absolute atomic E-state index is 5.12. The Balaban J connectivity index is 1.95. The second-order valence-corrected chi connectivity index (χ2v) is 4.94. The number of ether oxygens (including phenoxy) is 2. The van der Waals surface area contributed by atoms with Crippen LogP contribution in [0.4, 0.5) is 5.95 Å². The van der Waals surface area contributed by atoms with Gasteiger partial charge in [0.25, 0.3) is 0 Å². The van der Waals surface area contributed by atoms with Crippen molar-refractivity contribution in [1.82, 2.24) is 9.97 Å². The first-order valence-electron chi connectivity index (χ1n) is 6.42. The zero-order valence-corrected chi connectivity index (χ0v) is 11.3. The van der Waals surface area contributed by atoms with Crippen molar-refractivity contribution in [1.29, 1.82) is 0 Å². The molecule has 1 aromatic rings. The van der Waals surface area contributed by atoms with E-state index in [9.17, 15) is 0 Å². The molecule has 1 heterocycles. The van der Waals surface area contributed by atoms with E-state index in [0.29, 0.717) is 17.7 Å². The summed E-state index contributed by atoms with van der Waals surface area (Å²) in [7, 11) is 3.18. The first-order chi connectivity index (χ1) is 8.71. The van der Waals surface area contributed by atoms with Crippen molar-refractivity contribution >= 4 is 5.95 Å². The zero-order valence-electron chi connectivity index (χ0n) is 11.3. The van der Waals surface area contributed by atoms with Crippen LogP contribution in [0.1, 0.15) is 26.2 Å². The summed E-state index contributed by atoms with van der Waals surface area (Å²) in [5.74, 6) is 3.18. The van der Waals surface area contributed by atoms with Crippen LogP contribution < -0.4 is 14.8 Å². The summed E-state index contributed by atoms with van der Waals surface area (Å²) in [5.41, 5.74) is 0. The molecule has 1 N–H and O–H groups in total. The third-order valence-corrected chi connectivity index (χ3v) is 3.45. The Hall–Kier alpha value is -1.52. The molecule has 1 fully saturated rings. The van der Waals surface area contributed by atoms with Crippen LogP contribution in [0.2, 0.25) is 0 Å². The molecule has 1 aliphatic carbocycles. The number of nitrogens with one attached hydrogen (secondary N) is 1. The standard InChI is InChI=1S/C13H21N3O2/c1-9-4-5-10(6-9)8-14-13-15-11(17-2)7-12(16-13)18-3/h7,9-10H,4-6,8H2,1-3H3,(H,14,15,16). The number of aromatic nitrogens is 2. The lowest BCUT2D eigenvalue weighted by molar-refractivity contribution is 0.372. The quantitative estimate of drug-likeness (QED) is 0.870. The molecule has 100 valence electrons. The number of rotatable bonds is 5. The number of hydrogen-bond donors (Lipinski definition) is 1. The molecule has 0 saturated heterocycles. The predicted molar refractivity (Wildman–Crippen MR) is 70.1 cm³/mol. The fraction of sp³-hybridized carbons (Fsp3) is 0.692. The molecule has 0 aromatic carbocycles. The Bertz CT molecular complexity index is 376. The SMILES string of the molecule is COc1cc(OC)nc(NCC2CCC(C)C2)n1. The summed E-state index contributed by atoms with van der Waals surface area (Å²) < 4.78 is 10.2. The summed E-state index contributed by atoms with van der Waals surface area (Å²) in [6, 6.07) is 1.67. The molecule has 0 amide bonds. The summed E-state index contributed by atoms with van der Waals surface area (Å²) in [6.07, 6.45) is 3.90. The van der Waals surface area contributed by atoms with Crippen LogP contribution >= 0.6 is 0 Å². The fourth-order valence-corrected chi connectivity index (χ4v) is 2.44. The normalized spacial score (nSPS) is 22.8. The van der Waals surface area contributed by atoms with Crippen molar-refractivity contribution < 1.29 is 9.47 Å². The van der Waals surface area contributed by atoms with Crippen molar-refractivity contribution in [2.45, 2.75) is 26.2 Å². The number of anilines is 1. The molecule has 2 atom stereocenters. The van der Waals surface area contributed by atoms with E-state index in [-0.39, 0.29) is 0 Å². The van der Waals surface area contributed by atoms with Crippen molar-refractivity contribution in [3.8, 4) is 11.8 Å². The largest absolute Gasteiger partial charge is 0.481 e. The van der Waals surface area contributed by atoms with Gasteiger partial charge in [-0.1, -0.05) is 13.3 Å². The van der Waals surface area contributed by atoms with Crippen LogP contribution in [0.5, 0.6) is 11.8 Å². The lowest BCUT2D eigenvalue weighted by atomic mass is 10.1. The number of hydrogen-bond acceptors (Lipinski definition) is 5. The van der Waals surface area contributed by atoms with Crippen molar-refractivity contribution in [3.63, 3.8) is 0 Å². The second-order valence-electron chi connectivity index (χ2n) is 4.94. The Morgan fingerprint density at radius 1 is 1.22 bits per heavy atom. The van der Waals surface area contributed by atoms with Crippen LogP contribution in [0.15, 0.2) is 6.07 Å². The summed E-state index contributed by atoms with van der Waals surface area (Å²) in [5, 5.41) is 3.27. The van der Waals surface area contributed by atoms with E-state index in [1.54, 1.807) is 20.3 Å². The Labute approximate surface area is 108 Å². The zero-order chi connectivity index (χ0) is 13.0. The Morgan fingerprint density at radius 3 is 2.39 bits per heavy atom. The van der Waals surface area contributed by atoms with Gasteiger partial charge in [0.15, 0.2) is 0 Å². The highest BCUT2D eigenvalue weighted by Gasteiger charge is 2.21. The maximum atomic E-state index is 5.12. The van der Waals surface area contributed by atoms with Crippen LogP contribution in [0.3, 0.4) is 0 Å². The molecule has 1 aromatic heterocycles. The molecule has 1 aliphatic rings. The number of nitrogens with zero attached hydrogens (tertiary/aromatic N) is 2. The van der Waals surface area contributed by atoms with Gasteiger partial charge < -0.3 is 14.8 Å². The van der Waals surface area contributed by atoms with Gasteiger partial charge in [0, 0.05) is 6.54 Å². The molecule has 0 spiro atoms. The van der Waals surface area contributed by atoms with Crippen LogP contribution in [0, 0.1) is 11.8 Å². The molecule has 0 radical (unpaired) electrons. The van der Waals surface area contributed by atoms with E-state index in [2.05, 4.69) is 22.2 Å². The molecule has 1 saturated carbocycles. The van der Waals surface area contributed by atoms with Crippen LogP contribution in [-0.2, 0) is 0 Å². The van der Waals surface area contributed by atoms with Crippen molar-refractivity contribution in [3.05, 3.63) is 6.07 Å². The van der Waals surface area contributed by atoms with E-state index >= 15 is 0 Å². The van der Waals surface area contributed by atoms with Gasteiger partial charge in [-0.2, -0.15) is 9.97 Å². The minimum Gasteiger partial charge on any atom is -0.481 e. The van der Waals surface area contributed by atoms with Gasteiger partial charge >= 0.3 is 0 Å². The molecular formula is C13H21N3O2. The van der Waals surface area contributed by atoms with Gasteiger partial charge in [0.1, 0.15) is 0 Å². The Kier molecular flexibility index (Phi) is 4.23. The third-order valence-electron chi connectivity index (χ3n) is 3.45. The van der Waals surface area contributed by atoms with Gasteiger partial charge in [0.05, 0.1) is 20.3 Å². The van der Waals surface area contributed by atoms with Gasteiger partial charge in [-0.05, 0) is 24.7 Å². The smallest absolute Gasteiger partial charge is 0.229 e. The maximum Gasteiger partial charge on any atom is 0.229 e. The topological polar surface area (TPSA) is 56.3 Å². The molecule has 0 bridgehead atoms. The van der Waals surface area contributed by atoms with Crippen molar-refractivity contribution in [2.24, 2.45) is 11.8 Å². The first kappa shape index (κ1) is 12.9.